The van der Waals surface area contributed by atoms with Crippen molar-refractivity contribution in [1.82, 2.24) is 5.32 Å². The van der Waals surface area contributed by atoms with Crippen molar-refractivity contribution in [1.29, 1.82) is 0 Å². The van der Waals surface area contributed by atoms with Gasteiger partial charge in [-0.15, -0.1) is 0 Å². The monoisotopic (exact) mass is 279 g/mol. The highest BCUT2D eigenvalue weighted by atomic mass is 16.5. The summed E-state index contributed by atoms with van der Waals surface area (Å²) in [5.74, 6) is -0.978. The van der Waals surface area contributed by atoms with E-state index in [1.807, 2.05) is 13.8 Å². The van der Waals surface area contributed by atoms with Crippen molar-refractivity contribution in [3.8, 4) is 0 Å². The van der Waals surface area contributed by atoms with Crippen molar-refractivity contribution in [3.05, 3.63) is 35.4 Å². The van der Waals surface area contributed by atoms with Crippen LogP contribution in [0.25, 0.3) is 0 Å². The van der Waals surface area contributed by atoms with Crippen molar-refractivity contribution >= 4 is 11.9 Å². The predicted molar refractivity (Wildman–Crippen MR) is 75.8 cm³/mol. The predicted octanol–water partition coefficient (Wildman–Crippen LogP) is 1.71. The Labute approximate surface area is 118 Å². The Morgan fingerprint density at radius 1 is 1.30 bits per heavy atom. The molecule has 5 heteroatoms. The quantitative estimate of drug-likeness (QED) is 0.796. The molecule has 0 bridgehead atoms. The number of amides is 1. The third-order valence-electron chi connectivity index (χ3n) is 3.10. The van der Waals surface area contributed by atoms with E-state index in [0.29, 0.717) is 12.2 Å². The van der Waals surface area contributed by atoms with Crippen molar-refractivity contribution in [2.75, 3.05) is 13.7 Å². The lowest BCUT2D eigenvalue weighted by Gasteiger charge is -2.21. The standard InChI is InChI=1S/C15H21NO4/c1-10(2)13(9-20-3)16-14(17)8-11-6-4-5-7-12(11)15(18)19/h4-7,10,13H,8-9H2,1-3H3,(H,16,17)(H,18,19). The maximum absolute atomic E-state index is 12.0. The number of aromatic carboxylic acids is 1. The number of rotatable bonds is 7. The molecule has 1 atom stereocenters. The second-order valence-electron chi connectivity index (χ2n) is 5.01. The van der Waals surface area contributed by atoms with Crippen LogP contribution < -0.4 is 5.32 Å². The van der Waals surface area contributed by atoms with Crippen LogP contribution >= 0.6 is 0 Å². The number of carbonyl (C=O) groups excluding carboxylic acids is 1. The summed E-state index contributed by atoms with van der Waals surface area (Å²) in [4.78, 5) is 23.1. The number of hydrogen-bond donors (Lipinski definition) is 2. The molecule has 2 N–H and O–H groups in total. The fraction of sp³-hybridized carbons (Fsp3) is 0.467. The summed E-state index contributed by atoms with van der Waals surface area (Å²) in [7, 11) is 1.58. The average Bonchev–Trinajstić information content (AvgIpc) is 2.38. The van der Waals surface area contributed by atoms with E-state index in [0.717, 1.165) is 0 Å². The number of nitrogens with one attached hydrogen (secondary N) is 1. The smallest absolute Gasteiger partial charge is 0.335 e. The lowest BCUT2D eigenvalue weighted by atomic mass is 10.0. The molecule has 1 rings (SSSR count). The zero-order valence-electron chi connectivity index (χ0n) is 12.1. The molecule has 20 heavy (non-hydrogen) atoms. The topological polar surface area (TPSA) is 75.6 Å². The van der Waals surface area contributed by atoms with Gasteiger partial charge in [0.25, 0.3) is 0 Å². The summed E-state index contributed by atoms with van der Waals surface area (Å²) in [6.45, 7) is 4.42. The third kappa shape index (κ3) is 4.66. The highest BCUT2D eigenvalue weighted by Crippen LogP contribution is 2.10. The molecule has 0 heterocycles. The molecule has 0 radical (unpaired) electrons. The van der Waals surface area contributed by atoms with Gasteiger partial charge in [0.1, 0.15) is 0 Å². The second-order valence-corrected chi connectivity index (χ2v) is 5.01. The minimum absolute atomic E-state index is 0.0510. The Morgan fingerprint density at radius 3 is 2.50 bits per heavy atom. The lowest BCUT2D eigenvalue weighted by Crippen LogP contribution is -2.42. The van der Waals surface area contributed by atoms with Gasteiger partial charge in [0, 0.05) is 7.11 Å². The molecule has 5 nitrogen and oxygen atoms in total. The van der Waals surface area contributed by atoms with Gasteiger partial charge >= 0.3 is 5.97 Å². The lowest BCUT2D eigenvalue weighted by molar-refractivity contribution is -0.121. The number of hydrogen-bond acceptors (Lipinski definition) is 3. The van der Waals surface area contributed by atoms with Gasteiger partial charge < -0.3 is 15.2 Å². The zero-order valence-corrected chi connectivity index (χ0v) is 12.1. The normalized spacial score (nSPS) is 12.2. The van der Waals surface area contributed by atoms with Gasteiger partial charge in [0.05, 0.1) is 24.6 Å². The van der Waals surface area contributed by atoms with Gasteiger partial charge in [-0.25, -0.2) is 4.79 Å². The Kier molecular flexibility index (Phi) is 6.18. The Hall–Kier alpha value is -1.88. The summed E-state index contributed by atoms with van der Waals surface area (Å²) in [5.41, 5.74) is 0.674. The van der Waals surface area contributed by atoms with Gasteiger partial charge in [0.2, 0.25) is 5.91 Å². The zero-order chi connectivity index (χ0) is 15.1. The first-order chi connectivity index (χ1) is 9.45. The maximum Gasteiger partial charge on any atom is 0.335 e. The van der Waals surface area contributed by atoms with Crippen LogP contribution in [-0.4, -0.2) is 36.7 Å². The van der Waals surface area contributed by atoms with Gasteiger partial charge in [-0.2, -0.15) is 0 Å². The minimum Gasteiger partial charge on any atom is -0.478 e. The van der Waals surface area contributed by atoms with Gasteiger partial charge in [0.15, 0.2) is 0 Å². The van der Waals surface area contributed by atoms with E-state index in [2.05, 4.69) is 5.32 Å². The Morgan fingerprint density at radius 2 is 1.95 bits per heavy atom. The third-order valence-corrected chi connectivity index (χ3v) is 3.10. The molecule has 1 unspecified atom stereocenters. The molecule has 0 aliphatic rings. The number of carboxylic acids is 1. The first-order valence-corrected chi connectivity index (χ1v) is 6.55. The van der Waals surface area contributed by atoms with E-state index in [1.165, 1.54) is 6.07 Å². The molecule has 0 fully saturated rings. The van der Waals surface area contributed by atoms with Crippen molar-refractivity contribution in [2.45, 2.75) is 26.3 Å². The molecule has 1 aromatic rings. The van der Waals surface area contributed by atoms with Crippen LogP contribution in [-0.2, 0) is 16.0 Å². The first-order valence-electron chi connectivity index (χ1n) is 6.55. The van der Waals surface area contributed by atoms with Gasteiger partial charge in [-0.1, -0.05) is 32.0 Å². The molecular weight excluding hydrogens is 258 g/mol. The molecule has 110 valence electrons. The number of benzene rings is 1. The first kappa shape index (κ1) is 16.2. The molecule has 0 saturated heterocycles. The van der Waals surface area contributed by atoms with Crippen molar-refractivity contribution < 1.29 is 19.4 Å². The summed E-state index contributed by atoms with van der Waals surface area (Å²) < 4.78 is 5.07. The van der Waals surface area contributed by atoms with E-state index < -0.39 is 5.97 Å². The van der Waals surface area contributed by atoms with E-state index in [9.17, 15) is 9.59 Å². The second kappa shape index (κ2) is 7.65. The summed E-state index contributed by atoms with van der Waals surface area (Å²) in [6, 6.07) is 6.45. The molecule has 0 saturated carbocycles. The van der Waals surface area contributed by atoms with Gasteiger partial charge in [-0.05, 0) is 17.5 Å². The molecule has 0 aliphatic heterocycles. The summed E-state index contributed by atoms with van der Waals surface area (Å²) in [5, 5.41) is 12.0. The summed E-state index contributed by atoms with van der Waals surface area (Å²) in [6.07, 6.45) is 0.0510. The Bertz CT molecular complexity index is 471. The number of ether oxygens (including phenoxy) is 1. The number of carbonyl (C=O) groups is 2. The molecule has 1 amide bonds. The Balaban J connectivity index is 2.73. The van der Waals surface area contributed by atoms with Crippen LogP contribution in [0.1, 0.15) is 29.8 Å². The SMILES string of the molecule is COCC(NC(=O)Cc1ccccc1C(=O)O)C(C)C. The molecular formula is C15H21NO4. The molecule has 1 aromatic carbocycles. The van der Waals surface area contributed by atoms with Crippen LogP contribution in [0.2, 0.25) is 0 Å². The number of methoxy groups -OCH3 is 1. The van der Waals surface area contributed by atoms with Crippen molar-refractivity contribution in [2.24, 2.45) is 5.92 Å². The maximum atomic E-state index is 12.0. The number of carboxylic acid groups (broad SMARTS) is 1. The van der Waals surface area contributed by atoms with E-state index in [1.54, 1.807) is 25.3 Å². The van der Waals surface area contributed by atoms with Crippen molar-refractivity contribution in [3.63, 3.8) is 0 Å². The molecule has 0 aromatic heterocycles. The van der Waals surface area contributed by atoms with Crippen LogP contribution in [0, 0.1) is 5.92 Å². The molecule has 0 aliphatic carbocycles. The highest BCUT2D eigenvalue weighted by molar-refractivity contribution is 5.91. The fourth-order valence-electron chi connectivity index (χ4n) is 1.89. The highest BCUT2D eigenvalue weighted by Gasteiger charge is 2.18. The van der Waals surface area contributed by atoms with E-state index in [4.69, 9.17) is 9.84 Å². The average molecular weight is 279 g/mol. The van der Waals surface area contributed by atoms with E-state index in [-0.39, 0.29) is 29.9 Å². The van der Waals surface area contributed by atoms with E-state index >= 15 is 0 Å². The fourth-order valence-corrected chi connectivity index (χ4v) is 1.89. The van der Waals surface area contributed by atoms with Crippen LogP contribution in [0.4, 0.5) is 0 Å². The van der Waals surface area contributed by atoms with Crippen LogP contribution in [0.15, 0.2) is 24.3 Å². The van der Waals surface area contributed by atoms with Crippen LogP contribution in [0.3, 0.4) is 0 Å². The van der Waals surface area contributed by atoms with Crippen LogP contribution in [0.5, 0.6) is 0 Å². The van der Waals surface area contributed by atoms with Gasteiger partial charge in [-0.3, -0.25) is 4.79 Å². The largest absolute Gasteiger partial charge is 0.478 e. The minimum atomic E-state index is -1.02. The molecule has 0 spiro atoms. The summed E-state index contributed by atoms with van der Waals surface area (Å²) >= 11 is 0.